The van der Waals surface area contributed by atoms with Gasteiger partial charge in [0.2, 0.25) is 0 Å². The van der Waals surface area contributed by atoms with Gasteiger partial charge < -0.3 is 5.32 Å². The van der Waals surface area contributed by atoms with Gasteiger partial charge in [-0.1, -0.05) is 29.8 Å². The number of rotatable bonds is 6. The average molecular weight is 365 g/mol. The van der Waals surface area contributed by atoms with Crippen molar-refractivity contribution in [3.05, 3.63) is 71.3 Å². The van der Waals surface area contributed by atoms with Crippen LogP contribution in [0.1, 0.15) is 15.9 Å². The molecule has 2 aromatic carbocycles. The number of hydrogen-bond donors (Lipinski definition) is 2. The highest BCUT2D eigenvalue weighted by Gasteiger charge is 2.17. The van der Waals surface area contributed by atoms with Crippen molar-refractivity contribution in [2.75, 3.05) is 11.3 Å². The summed E-state index contributed by atoms with van der Waals surface area (Å²) in [7, 11) is -3.84. The normalized spacial score (nSPS) is 10.9. The van der Waals surface area contributed by atoms with Crippen molar-refractivity contribution in [1.82, 2.24) is 5.32 Å². The standard InChI is InChI=1S/C17H17ClN2O3S/c1-3-9-19-17(21)13-5-4-6-15(10-13)24(22,23)20-16-11-14(18)8-7-12(16)2/h3-8,10-11,20H,1,9H2,2H3,(H,19,21). The molecule has 2 rings (SSSR count). The molecule has 0 spiro atoms. The second kappa shape index (κ2) is 7.51. The number of hydrogen-bond acceptors (Lipinski definition) is 3. The van der Waals surface area contributed by atoms with Crippen molar-refractivity contribution in [1.29, 1.82) is 0 Å². The van der Waals surface area contributed by atoms with Crippen molar-refractivity contribution in [3.63, 3.8) is 0 Å². The zero-order valence-corrected chi connectivity index (χ0v) is 14.6. The lowest BCUT2D eigenvalue weighted by atomic mass is 10.2. The topological polar surface area (TPSA) is 75.3 Å². The van der Waals surface area contributed by atoms with Crippen LogP contribution in [0.2, 0.25) is 5.02 Å². The summed E-state index contributed by atoms with van der Waals surface area (Å²) in [6, 6.07) is 10.7. The predicted molar refractivity (Wildman–Crippen MR) is 96.0 cm³/mol. The van der Waals surface area contributed by atoms with E-state index < -0.39 is 10.0 Å². The molecule has 0 fully saturated rings. The third-order valence-electron chi connectivity index (χ3n) is 3.26. The zero-order valence-electron chi connectivity index (χ0n) is 13.0. The Kier molecular flexibility index (Phi) is 5.64. The molecular formula is C17H17ClN2O3S. The van der Waals surface area contributed by atoms with E-state index >= 15 is 0 Å². The summed E-state index contributed by atoms with van der Waals surface area (Å²) < 4.78 is 27.6. The summed E-state index contributed by atoms with van der Waals surface area (Å²) in [6.45, 7) is 5.59. The lowest BCUT2D eigenvalue weighted by Gasteiger charge is -2.12. The Labute approximate surface area is 146 Å². The number of amides is 1. The first-order valence-electron chi connectivity index (χ1n) is 7.11. The number of benzene rings is 2. The van der Waals surface area contributed by atoms with E-state index in [1.54, 1.807) is 31.2 Å². The van der Waals surface area contributed by atoms with E-state index in [0.29, 0.717) is 17.3 Å². The maximum atomic E-state index is 12.6. The highest BCUT2D eigenvalue weighted by atomic mass is 35.5. The average Bonchev–Trinajstić information content (AvgIpc) is 2.56. The lowest BCUT2D eigenvalue weighted by molar-refractivity contribution is 0.0958. The van der Waals surface area contributed by atoms with Crippen molar-refractivity contribution in [2.24, 2.45) is 0 Å². The first-order valence-corrected chi connectivity index (χ1v) is 8.98. The van der Waals surface area contributed by atoms with Crippen LogP contribution in [0.15, 0.2) is 60.0 Å². The van der Waals surface area contributed by atoms with Gasteiger partial charge in [-0.05, 0) is 42.8 Å². The van der Waals surface area contributed by atoms with Crippen LogP contribution >= 0.6 is 11.6 Å². The number of halogens is 1. The van der Waals surface area contributed by atoms with Gasteiger partial charge in [-0.25, -0.2) is 8.42 Å². The van der Waals surface area contributed by atoms with Gasteiger partial charge in [-0.15, -0.1) is 6.58 Å². The summed E-state index contributed by atoms with van der Waals surface area (Å²) in [5.74, 6) is -0.370. The Morgan fingerprint density at radius 3 is 2.71 bits per heavy atom. The molecule has 126 valence electrons. The Morgan fingerprint density at radius 1 is 1.25 bits per heavy atom. The van der Waals surface area contributed by atoms with Crippen LogP contribution in [-0.2, 0) is 10.0 Å². The fourth-order valence-electron chi connectivity index (χ4n) is 1.98. The fourth-order valence-corrected chi connectivity index (χ4v) is 3.32. The molecule has 0 saturated carbocycles. The van der Waals surface area contributed by atoms with Gasteiger partial charge in [-0.3, -0.25) is 9.52 Å². The predicted octanol–water partition coefficient (Wildman–Crippen LogP) is 3.37. The fraction of sp³-hybridized carbons (Fsp3) is 0.118. The van der Waals surface area contributed by atoms with Gasteiger partial charge in [0.15, 0.2) is 0 Å². The van der Waals surface area contributed by atoms with Gasteiger partial charge in [0, 0.05) is 17.1 Å². The van der Waals surface area contributed by atoms with E-state index in [4.69, 9.17) is 11.6 Å². The van der Waals surface area contributed by atoms with Gasteiger partial charge in [-0.2, -0.15) is 0 Å². The minimum atomic E-state index is -3.84. The smallest absolute Gasteiger partial charge is 0.261 e. The highest BCUT2D eigenvalue weighted by Crippen LogP contribution is 2.23. The number of sulfonamides is 1. The van der Waals surface area contributed by atoms with Gasteiger partial charge >= 0.3 is 0 Å². The molecule has 7 heteroatoms. The van der Waals surface area contributed by atoms with Crippen LogP contribution in [0.4, 0.5) is 5.69 Å². The van der Waals surface area contributed by atoms with Gasteiger partial charge in [0.25, 0.3) is 15.9 Å². The molecule has 0 aromatic heterocycles. The van der Waals surface area contributed by atoms with Crippen LogP contribution in [-0.4, -0.2) is 20.9 Å². The largest absolute Gasteiger partial charge is 0.349 e. The van der Waals surface area contributed by atoms with E-state index in [2.05, 4.69) is 16.6 Å². The monoisotopic (exact) mass is 364 g/mol. The van der Waals surface area contributed by atoms with Gasteiger partial charge in [0.1, 0.15) is 0 Å². The van der Waals surface area contributed by atoms with E-state index in [-0.39, 0.29) is 16.4 Å². The molecule has 0 radical (unpaired) electrons. The molecule has 0 aliphatic heterocycles. The highest BCUT2D eigenvalue weighted by molar-refractivity contribution is 7.92. The summed E-state index contributed by atoms with van der Waals surface area (Å²) in [5, 5.41) is 3.03. The SMILES string of the molecule is C=CCNC(=O)c1cccc(S(=O)(=O)Nc2cc(Cl)ccc2C)c1. The Hall–Kier alpha value is -2.31. The molecule has 0 atom stereocenters. The molecule has 5 nitrogen and oxygen atoms in total. The number of aryl methyl sites for hydroxylation is 1. The number of nitrogens with one attached hydrogen (secondary N) is 2. The minimum absolute atomic E-state index is 0.00636. The molecule has 2 N–H and O–H groups in total. The molecular weight excluding hydrogens is 348 g/mol. The first-order chi connectivity index (χ1) is 11.3. The molecule has 24 heavy (non-hydrogen) atoms. The van der Waals surface area contributed by atoms with Crippen LogP contribution in [0.5, 0.6) is 0 Å². The van der Waals surface area contributed by atoms with Crippen molar-refractivity contribution in [2.45, 2.75) is 11.8 Å². The molecule has 0 aliphatic rings. The van der Waals surface area contributed by atoms with Crippen molar-refractivity contribution < 1.29 is 13.2 Å². The first kappa shape index (κ1) is 18.0. The molecule has 0 heterocycles. The van der Waals surface area contributed by atoms with Crippen molar-refractivity contribution >= 4 is 33.2 Å². The molecule has 2 aromatic rings. The van der Waals surface area contributed by atoms with Crippen LogP contribution in [0.3, 0.4) is 0 Å². The van der Waals surface area contributed by atoms with Crippen molar-refractivity contribution in [3.8, 4) is 0 Å². The van der Waals surface area contributed by atoms with Crippen LogP contribution in [0.25, 0.3) is 0 Å². The van der Waals surface area contributed by atoms with Gasteiger partial charge in [0.05, 0.1) is 10.6 Å². The van der Waals surface area contributed by atoms with E-state index in [0.717, 1.165) is 5.56 Å². The van der Waals surface area contributed by atoms with Crippen LogP contribution in [0, 0.1) is 6.92 Å². The lowest BCUT2D eigenvalue weighted by Crippen LogP contribution is -2.23. The summed E-state index contributed by atoms with van der Waals surface area (Å²) in [6.07, 6.45) is 1.54. The van der Waals surface area contributed by atoms with E-state index in [9.17, 15) is 13.2 Å². The maximum absolute atomic E-state index is 12.6. The Morgan fingerprint density at radius 2 is 2.00 bits per heavy atom. The third kappa shape index (κ3) is 4.37. The quantitative estimate of drug-likeness (QED) is 0.772. The molecule has 1 amide bonds. The van der Waals surface area contributed by atoms with E-state index in [1.165, 1.54) is 24.3 Å². The molecule has 0 saturated heterocycles. The zero-order chi connectivity index (χ0) is 17.7. The number of anilines is 1. The number of carbonyl (C=O) groups excluding carboxylic acids is 1. The molecule has 0 bridgehead atoms. The third-order valence-corrected chi connectivity index (χ3v) is 4.86. The van der Waals surface area contributed by atoms with Crippen LogP contribution < -0.4 is 10.0 Å². The second-order valence-corrected chi connectivity index (χ2v) is 7.21. The summed E-state index contributed by atoms with van der Waals surface area (Å²) in [4.78, 5) is 11.9. The Balaban J connectivity index is 2.31. The Bertz CT molecular complexity index is 879. The molecule has 0 aliphatic carbocycles. The second-order valence-electron chi connectivity index (χ2n) is 5.09. The van der Waals surface area contributed by atoms with E-state index in [1.807, 2.05) is 0 Å². The number of carbonyl (C=O) groups is 1. The molecule has 0 unspecified atom stereocenters. The maximum Gasteiger partial charge on any atom is 0.261 e. The summed E-state index contributed by atoms with van der Waals surface area (Å²) >= 11 is 5.91. The summed E-state index contributed by atoms with van der Waals surface area (Å²) in [5.41, 5.74) is 1.38. The minimum Gasteiger partial charge on any atom is -0.349 e.